The van der Waals surface area contributed by atoms with E-state index in [-0.39, 0.29) is 12.1 Å². The molecule has 0 unspecified atom stereocenters. The van der Waals surface area contributed by atoms with Gasteiger partial charge in [-0.05, 0) is 37.6 Å². The summed E-state index contributed by atoms with van der Waals surface area (Å²) < 4.78 is 0. The van der Waals surface area contributed by atoms with Crippen molar-refractivity contribution in [1.82, 2.24) is 30.4 Å². The fourth-order valence-electron chi connectivity index (χ4n) is 4.37. The van der Waals surface area contributed by atoms with Crippen molar-refractivity contribution in [2.75, 3.05) is 28.2 Å². The van der Waals surface area contributed by atoms with Gasteiger partial charge in [-0.3, -0.25) is 14.9 Å². The van der Waals surface area contributed by atoms with E-state index >= 15 is 0 Å². The number of H-pyrrole nitrogens is 1. The number of fused-ring (bicyclic) bond motifs is 5. The Morgan fingerprint density at radius 3 is 3.06 bits per heavy atom. The summed E-state index contributed by atoms with van der Waals surface area (Å²) in [7, 11) is 0. The lowest BCUT2D eigenvalue weighted by molar-refractivity contribution is 0.255. The Kier molecular flexibility index (Phi) is 3.85. The molecule has 6 heterocycles. The highest BCUT2D eigenvalue weighted by atomic mass is 16.2. The second kappa shape index (κ2) is 6.73. The molecule has 10 heteroatoms. The smallest absolute Gasteiger partial charge is 0.327 e. The zero-order chi connectivity index (χ0) is 20.9. The van der Waals surface area contributed by atoms with Gasteiger partial charge < -0.3 is 10.2 Å². The fraction of sp³-hybridized carbons (Fsp3) is 0.238. The number of anilines is 3. The number of pyridine rings is 3. The summed E-state index contributed by atoms with van der Waals surface area (Å²) >= 11 is 0. The van der Waals surface area contributed by atoms with Crippen LogP contribution in [0.15, 0.2) is 42.9 Å². The van der Waals surface area contributed by atoms with E-state index < -0.39 is 0 Å². The van der Waals surface area contributed by atoms with Gasteiger partial charge in [-0.15, -0.1) is 0 Å². The summed E-state index contributed by atoms with van der Waals surface area (Å²) in [5.74, 6) is 0.665. The van der Waals surface area contributed by atoms with Gasteiger partial charge >= 0.3 is 6.03 Å². The van der Waals surface area contributed by atoms with E-state index in [0.717, 1.165) is 42.1 Å². The molecule has 31 heavy (non-hydrogen) atoms. The molecular weight excluding hydrogens is 394 g/mol. The fourth-order valence-corrected chi connectivity index (χ4v) is 4.37. The molecule has 1 fully saturated rings. The molecule has 1 atom stereocenters. The Morgan fingerprint density at radius 1 is 1.23 bits per heavy atom. The second-order valence-electron chi connectivity index (χ2n) is 7.79. The van der Waals surface area contributed by atoms with E-state index in [9.17, 15) is 4.79 Å². The molecular formula is C21H19N9O. The number of carbonyl (C=O) groups is 1. The Bertz CT molecular complexity index is 1320. The molecule has 0 aliphatic carbocycles. The van der Waals surface area contributed by atoms with Crippen LogP contribution in [0.2, 0.25) is 0 Å². The third-order valence-corrected chi connectivity index (χ3v) is 5.84. The van der Waals surface area contributed by atoms with Crippen molar-refractivity contribution in [2.24, 2.45) is 0 Å². The third kappa shape index (κ3) is 2.87. The molecule has 2 amide bonds. The van der Waals surface area contributed by atoms with E-state index in [4.69, 9.17) is 4.98 Å². The second-order valence-corrected chi connectivity index (χ2v) is 7.79. The zero-order valence-electron chi connectivity index (χ0n) is 16.8. The van der Waals surface area contributed by atoms with Crippen molar-refractivity contribution < 1.29 is 4.79 Å². The summed E-state index contributed by atoms with van der Waals surface area (Å²) in [5.41, 5.74) is 5.35. The van der Waals surface area contributed by atoms with E-state index in [2.05, 4.69) is 41.7 Å². The lowest BCUT2D eigenvalue weighted by Crippen LogP contribution is -2.48. The van der Waals surface area contributed by atoms with Crippen LogP contribution in [-0.4, -0.2) is 55.5 Å². The predicted molar refractivity (Wildman–Crippen MR) is 116 cm³/mol. The Hall–Kier alpha value is -4.08. The number of nitrogens with one attached hydrogen (secondary N) is 2. The van der Waals surface area contributed by atoms with Crippen molar-refractivity contribution >= 4 is 34.3 Å². The summed E-state index contributed by atoms with van der Waals surface area (Å²) in [4.78, 5) is 30.8. The molecule has 154 valence electrons. The first-order chi connectivity index (χ1) is 15.2. The van der Waals surface area contributed by atoms with Crippen LogP contribution in [0.25, 0.3) is 22.3 Å². The average Bonchev–Trinajstić information content (AvgIpc) is 3.42. The number of urea groups is 1. The van der Waals surface area contributed by atoms with E-state index in [0.29, 0.717) is 22.5 Å². The number of aromatic amines is 1. The van der Waals surface area contributed by atoms with Crippen LogP contribution >= 0.6 is 0 Å². The highest BCUT2D eigenvalue weighted by molar-refractivity contribution is 6.07. The van der Waals surface area contributed by atoms with Gasteiger partial charge in [0.2, 0.25) is 0 Å². The van der Waals surface area contributed by atoms with Crippen molar-refractivity contribution in [2.45, 2.75) is 19.4 Å². The summed E-state index contributed by atoms with van der Waals surface area (Å²) in [6.45, 7) is 3.64. The maximum Gasteiger partial charge on any atom is 0.327 e. The Morgan fingerprint density at radius 2 is 2.16 bits per heavy atom. The molecule has 2 bridgehead atoms. The SMILES string of the molecule is Cc1cc(-c2ccc3c(n2)N(C(=O)Nc2cncc4n[nH]nc24)[C@H]2CCN3C2)ccn1. The van der Waals surface area contributed by atoms with Gasteiger partial charge in [-0.2, -0.15) is 15.4 Å². The molecule has 10 nitrogen and oxygen atoms in total. The highest BCUT2D eigenvalue weighted by Gasteiger charge is 2.40. The van der Waals surface area contributed by atoms with E-state index in [1.54, 1.807) is 23.5 Å². The number of nitrogens with zero attached hydrogens (tertiary/aromatic N) is 7. The first-order valence-corrected chi connectivity index (χ1v) is 10.1. The standard InChI is InChI=1S/C21H19N9O/c1-12-8-13(4-6-23-12)15-2-3-18-20(24-15)30(14-5-7-29(18)11-14)21(31)25-16-9-22-10-17-19(16)27-28-26-17/h2-4,6,8-10,14H,5,7,11H2,1H3,(H,25,31)(H,26,27,28)/t14-/m0/s1. The molecule has 2 aliphatic heterocycles. The molecule has 2 N–H and O–H groups in total. The lowest BCUT2D eigenvalue weighted by Gasteiger charge is -2.35. The minimum atomic E-state index is -0.249. The largest absolute Gasteiger partial charge is 0.366 e. The molecule has 4 aromatic rings. The molecule has 0 spiro atoms. The van der Waals surface area contributed by atoms with Gasteiger partial charge in [0, 0.05) is 30.5 Å². The number of amides is 2. The maximum atomic E-state index is 13.4. The molecule has 0 aromatic carbocycles. The summed E-state index contributed by atoms with van der Waals surface area (Å²) in [6.07, 6.45) is 5.84. The van der Waals surface area contributed by atoms with Gasteiger partial charge in [-0.25, -0.2) is 9.78 Å². The van der Waals surface area contributed by atoms with Crippen LogP contribution in [-0.2, 0) is 0 Å². The van der Waals surface area contributed by atoms with Crippen molar-refractivity contribution in [3.8, 4) is 11.3 Å². The van der Waals surface area contributed by atoms with Crippen molar-refractivity contribution in [3.05, 3.63) is 48.5 Å². The van der Waals surface area contributed by atoms with Gasteiger partial charge in [0.15, 0.2) is 5.82 Å². The van der Waals surface area contributed by atoms with E-state index in [1.807, 2.05) is 25.1 Å². The van der Waals surface area contributed by atoms with E-state index in [1.165, 1.54) is 0 Å². The van der Waals surface area contributed by atoms with Gasteiger partial charge in [-0.1, -0.05) is 0 Å². The molecule has 6 rings (SSSR count). The van der Waals surface area contributed by atoms with Crippen molar-refractivity contribution in [1.29, 1.82) is 0 Å². The topological polar surface area (TPSA) is 116 Å². The van der Waals surface area contributed by atoms with Crippen LogP contribution in [0.4, 0.5) is 22.0 Å². The normalized spacial score (nSPS) is 17.1. The highest BCUT2D eigenvalue weighted by Crippen LogP contribution is 2.40. The zero-order valence-corrected chi connectivity index (χ0v) is 16.8. The first kappa shape index (κ1) is 17.8. The number of hydrogen-bond acceptors (Lipinski definition) is 7. The Labute approximate surface area is 177 Å². The lowest BCUT2D eigenvalue weighted by atomic mass is 10.1. The van der Waals surface area contributed by atoms with Crippen molar-refractivity contribution in [3.63, 3.8) is 0 Å². The number of aryl methyl sites for hydroxylation is 1. The number of hydrogen-bond donors (Lipinski definition) is 2. The maximum absolute atomic E-state index is 13.4. The first-order valence-electron chi connectivity index (χ1n) is 10.1. The van der Waals surface area contributed by atoms with Gasteiger partial charge in [0.25, 0.3) is 0 Å². The van der Waals surface area contributed by atoms with Crippen LogP contribution in [0.1, 0.15) is 12.1 Å². The van der Waals surface area contributed by atoms with Gasteiger partial charge in [0.05, 0.1) is 35.5 Å². The van der Waals surface area contributed by atoms with Crippen LogP contribution in [0, 0.1) is 6.92 Å². The number of rotatable bonds is 2. The molecule has 4 aromatic heterocycles. The van der Waals surface area contributed by atoms with Crippen LogP contribution in [0.5, 0.6) is 0 Å². The quantitative estimate of drug-likeness (QED) is 0.519. The van der Waals surface area contributed by atoms with Crippen LogP contribution < -0.4 is 15.1 Å². The summed E-state index contributed by atoms with van der Waals surface area (Å²) in [6, 6.07) is 7.78. The third-order valence-electron chi connectivity index (χ3n) is 5.84. The minimum absolute atomic E-state index is 0.0545. The van der Waals surface area contributed by atoms with Gasteiger partial charge in [0.1, 0.15) is 11.0 Å². The average molecular weight is 413 g/mol. The molecule has 0 radical (unpaired) electrons. The number of aromatic nitrogens is 6. The number of carbonyl (C=O) groups excluding carboxylic acids is 1. The monoisotopic (exact) mass is 413 g/mol. The minimum Gasteiger partial charge on any atom is -0.366 e. The molecule has 0 saturated carbocycles. The Balaban J connectivity index is 1.41. The van der Waals surface area contributed by atoms with Crippen LogP contribution in [0.3, 0.4) is 0 Å². The molecule has 2 aliphatic rings. The predicted octanol–water partition coefficient (Wildman–Crippen LogP) is 2.75. The molecule has 1 saturated heterocycles. The summed E-state index contributed by atoms with van der Waals surface area (Å²) in [5, 5.41) is 13.7.